The zero-order valence-electron chi connectivity index (χ0n) is 12.6. The molecule has 20 heavy (non-hydrogen) atoms. The van der Waals surface area contributed by atoms with Crippen LogP contribution in [0.5, 0.6) is 0 Å². The maximum absolute atomic E-state index is 10.7. The molecule has 1 aliphatic rings. The van der Waals surface area contributed by atoms with Gasteiger partial charge in [-0.05, 0) is 51.4 Å². The Labute approximate surface area is 127 Å². The second-order valence-electron chi connectivity index (χ2n) is 6.37. The summed E-state index contributed by atoms with van der Waals surface area (Å²) in [4.78, 5) is 2.45. The summed E-state index contributed by atoms with van der Waals surface area (Å²) in [5.41, 5.74) is 0.827. The van der Waals surface area contributed by atoms with Crippen LogP contribution in [0, 0.1) is 0 Å². The summed E-state index contributed by atoms with van der Waals surface area (Å²) in [5, 5.41) is 11.4. The van der Waals surface area contributed by atoms with E-state index in [-0.39, 0.29) is 5.54 Å². The van der Waals surface area contributed by atoms with Crippen molar-refractivity contribution in [3.63, 3.8) is 0 Å². The fourth-order valence-electron chi connectivity index (χ4n) is 2.98. The number of rotatable bonds is 4. The fourth-order valence-corrected chi connectivity index (χ4v) is 3.19. The van der Waals surface area contributed by atoms with Gasteiger partial charge < -0.3 is 5.11 Å². The molecule has 1 fully saturated rings. The predicted octanol–water partition coefficient (Wildman–Crippen LogP) is 3.90. The van der Waals surface area contributed by atoms with Gasteiger partial charge in [-0.15, -0.1) is 0 Å². The molecule has 0 saturated carbocycles. The van der Waals surface area contributed by atoms with Crippen molar-refractivity contribution in [2.75, 3.05) is 13.1 Å². The molecule has 0 bridgehead atoms. The molecule has 0 radical (unpaired) electrons. The highest BCUT2D eigenvalue weighted by molar-refractivity contribution is 6.31. The van der Waals surface area contributed by atoms with Crippen LogP contribution in [0.3, 0.4) is 0 Å². The van der Waals surface area contributed by atoms with Crippen molar-refractivity contribution in [3.05, 3.63) is 34.9 Å². The molecule has 0 aliphatic carbocycles. The monoisotopic (exact) mass is 295 g/mol. The van der Waals surface area contributed by atoms with Crippen LogP contribution in [0.1, 0.15) is 45.1 Å². The van der Waals surface area contributed by atoms with Crippen molar-refractivity contribution < 1.29 is 5.11 Å². The molecule has 1 aromatic carbocycles. The molecular formula is C17H26ClNO. The van der Waals surface area contributed by atoms with Crippen LogP contribution in [-0.2, 0) is 6.42 Å². The van der Waals surface area contributed by atoms with Gasteiger partial charge in [0.05, 0.1) is 6.10 Å². The first-order valence-corrected chi connectivity index (χ1v) is 8.06. The Kier molecular flexibility index (Phi) is 5.48. The summed E-state index contributed by atoms with van der Waals surface area (Å²) in [7, 11) is 0. The quantitative estimate of drug-likeness (QED) is 0.911. The molecule has 112 valence electrons. The third kappa shape index (κ3) is 3.75. The molecule has 2 nitrogen and oxygen atoms in total. The summed E-state index contributed by atoms with van der Waals surface area (Å²) in [6.07, 6.45) is 5.31. The van der Waals surface area contributed by atoms with Crippen LogP contribution in [-0.4, -0.2) is 34.7 Å². The molecule has 1 aliphatic heterocycles. The topological polar surface area (TPSA) is 23.5 Å². The third-order valence-electron chi connectivity index (χ3n) is 4.61. The first-order valence-electron chi connectivity index (χ1n) is 7.68. The minimum absolute atomic E-state index is 0.205. The van der Waals surface area contributed by atoms with E-state index < -0.39 is 6.10 Å². The van der Waals surface area contributed by atoms with Crippen LogP contribution in [0.2, 0.25) is 5.02 Å². The molecule has 2 rings (SSSR count). The minimum Gasteiger partial charge on any atom is -0.391 e. The molecule has 0 amide bonds. The standard InChI is InChI=1S/C17H26ClNO/c1-17(2,19-11-7-3-4-8-12-19)16(20)13-14-9-5-6-10-15(14)18/h5-6,9-10,16,20H,3-4,7-8,11-13H2,1-2H3. The van der Waals surface area contributed by atoms with E-state index in [0.29, 0.717) is 6.42 Å². The number of aliphatic hydroxyl groups is 1. The molecule has 1 aromatic rings. The molecule has 1 unspecified atom stereocenters. The van der Waals surface area contributed by atoms with Gasteiger partial charge in [0.25, 0.3) is 0 Å². The Morgan fingerprint density at radius 3 is 2.35 bits per heavy atom. The van der Waals surface area contributed by atoms with Crippen molar-refractivity contribution in [2.45, 2.75) is 57.6 Å². The van der Waals surface area contributed by atoms with E-state index >= 15 is 0 Å². The number of halogens is 1. The van der Waals surface area contributed by atoms with Gasteiger partial charge in [0.1, 0.15) is 0 Å². The van der Waals surface area contributed by atoms with E-state index in [2.05, 4.69) is 18.7 Å². The largest absolute Gasteiger partial charge is 0.391 e. The first kappa shape index (κ1) is 15.8. The van der Waals surface area contributed by atoms with Crippen molar-refractivity contribution in [3.8, 4) is 0 Å². The number of hydrogen-bond acceptors (Lipinski definition) is 2. The molecule has 1 saturated heterocycles. The van der Waals surface area contributed by atoms with Crippen molar-refractivity contribution in [1.82, 2.24) is 4.90 Å². The van der Waals surface area contributed by atoms with Crippen molar-refractivity contribution in [2.24, 2.45) is 0 Å². The van der Waals surface area contributed by atoms with E-state index in [1.807, 2.05) is 24.3 Å². The van der Waals surface area contributed by atoms with Gasteiger partial charge in [0.2, 0.25) is 0 Å². The summed E-state index contributed by atoms with van der Waals surface area (Å²) >= 11 is 6.21. The highest BCUT2D eigenvalue weighted by Gasteiger charge is 2.34. The number of aliphatic hydroxyl groups excluding tert-OH is 1. The average Bonchev–Trinajstić information content (AvgIpc) is 2.70. The molecular weight excluding hydrogens is 270 g/mol. The first-order chi connectivity index (χ1) is 9.51. The minimum atomic E-state index is -0.402. The van der Waals surface area contributed by atoms with Gasteiger partial charge in [0.15, 0.2) is 0 Å². The number of likely N-dealkylation sites (tertiary alicyclic amines) is 1. The normalized spacial score (nSPS) is 19.6. The smallest absolute Gasteiger partial charge is 0.0759 e. The Morgan fingerprint density at radius 2 is 1.75 bits per heavy atom. The second kappa shape index (κ2) is 6.93. The van der Waals surface area contributed by atoms with E-state index in [1.54, 1.807) is 0 Å². The third-order valence-corrected chi connectivity index (χ3v) is 4.98. The molecule has 0 aromatic heterocycles. The molecule has 1 heterocycles. The van der Waals surface area contributed by atoms with Gasteiger partial charge in [-0.2, -0.15) is 0 Å². The molecule has 1 N–H and O–H groups in total. The Bertz CT molecular complexity index is 425. The maximum atomic E-state index is 10.7. The SMILES string of the molecule is CC(C)(C(O)Cc1ccccc1Cl)N1CCCCCC1. The zero-order chi connectivity index (χ0) is 14.6. The van der Waals surface area contributed by atoms with Crippen molar-refractivity contribution in [1.29, 1.82) is 0 Å². The van der Waals surface area contributed by atoms with Gasteiger partial charge in [-0.25, -0.2) is 0 Å². The number of nitrogens with zero attached hydrogens (tertiary/aromatic N) is 1. The Hall–Kier alpha value is -0.570. The van der Waals surface area contributed by atoms with E-state index in [4.69, 9.17) is 11.6 Å². The molecule has 3 heteroatoms. The highest BCUT2D eigenvalue weighted by Crippen LogP contribution is 2.27. The van der Waals surface area contributed by atoms with E-state index in [0.717, 1.165) is 23.7 Å². The lowest BCUT2D eigenvalue weighted by Crippen LogP contribution is -2.53. The lowest BCUT2D eigenvalue weighted by Gasteiger charge is -2.41. The average molecular weight is 296 g/mol. The van der Waals surface area contributed by atoms with Crippen LogP contribution in [0.4, 0.5) is 0 Å². The highest BCUT2D eigenvalue weighted by atomic mass is 35.5. The molecule has 1 atom stereocenters. The number of hydrogen-bond donors (Lipinski definition) is 1. The van der Waals surface area contributed by atoms with E-state index in [9.17, 15) is 5.11 Å². The van der Waals surface area contributed by atoms with E-state index in [1.165, 1.54) is 25.7 Å². The zero-order valence-corrected chi connectivity index (χ0v) is 13.4. The predicted molar refractivity (Wildman–Crippen MR) is 85.3 cm³/mol. The Balaban J connectivity index is 2.06. The van der Waals surface area contributed by atoms with Gasteiger partial charge in [0, 0.05) is 17.0 Å². The van der Waals surface area contributed by atoms with Crippen molar-refractivity contribution >= 4 is 11.6 Å². The summed E-state index contributed by atoms with van der Waals surface area (Å²) in [6, 6.07) is 7.80. The van der Waals surface area contributed by atoms with Crippen LogP contribution in [0.15, 0.2) is 24.3 Å². The Morgan fingerprint density at radius 1 is 1.15 bits per heavy atom. The number of benzene rings is 1. The van der Waals surface area contributed by atoms with Gasteiger partial charge >= 0.3 is 0 Å². The fraction of sp³-hybridized carbons (Fsp3) is 0.647. The second-order valence-corrected chi connectivity index (χ2v) is 6.77. The summed E-state index contributed by atoms with van der Waals surface area (Å²) in [5.74, 6) is 0. The lowest BCUT2D eigenvalue weighted by atomic mass is 9.89. The summed E-state index contributed by atoms with van der Waals surface area (Å²) in [6.45, 7) is 6.48. The molecule has 0 spiro atoms. The maximum Gasteiger partial charge on any atom is 0.0759 e. The summed E-state index contributed by atoms with van der Waals surface area (Å²) < 4.78 is 0. The van der Waals surface area contributed by atoms with Crippen LogP contribution >= 0.6 is 11.6 Å². The van der Waals surface area contributed by atoms with Gasteiger partial charge in [-0.1, -0.05) is 42.6 Å². The van der Waals surface area contributed by atoms with Crippen LogP contribution < -0.4 is 0 Å². The lowest BCUT2D eigenvalue weighted by molar-refractivity contribution is -0.00785. The van der Waals surface area contributed by atoms with Crippen LogP contribution in [0.25, 0.3) is 0 Å². The van der Waals surface area contributed by atoms with Gasteiger partial charge in [-0.3, -0.25) is 4.90 Å².